The number of aliphatic hydroxyl groups excluding tert-OH is 3. The molecule has 1 saturated heterocycles. The van der Waals surface area contributed by atoms with Gasteiger partial charge in [0.05, 0.1) is 47.5 Å². The van der Waals surface area contributed by atoms with E-state index in [2.05, 4.69) is 5.32 Å². The monoisotopic (exact) mass is 743 g/mol. The Labute approximate surface area is 313 Å². The average molecular weight is 744 g/mol. The van der Waals surface area contributed by atoms with Gasteiger partial charge >= 0.3 is 18.0 Å². The number of amides is 1. The highest BCUT2D eigenvalue weighted by atomic mass is 16.6. The molecule has 0 aromatic heterocycles. The van der Waals surface area contributed by atoms with Gasteiger partial charge in [0.1, 0.15) is 17.8 Å². The summed E-state index contributed by atoms with van der Waals surface area (Å²) >= 11 is 0. The summed E-state index contributed by atoms with van der Waals surface area (Å²) in [6.45, 7) is 19.9. The molecule has 5 rings (SSSR count). The van der Waals surface area contributed by atoms with Crippen LogP contribution >= 0.6 is 0 Å². The number of nitrogens with one attached hydrogen (secondary N) is 1. The maximum Gasteiger partial charge on any atom is 0.407 e. The first kappa shape index (κ1) is 41.1. The summed E-state index contributed by atoms with van der Waals surface area (Å²) in [7, 11) is 0. The average Bonchev–Trinajstić information content (AvgIpc) is 3.32. The lowest BCUT2D eigenvalue weighted by Gasteiger charge is -2.66. The molecule has 12 atom stereocenters. The molecule has 0 radical (unpaired) electrons. The Bertz CT molecular complexity index is 1580. The molecule has 12 heteroatoms. The summed E-state index contributed by atoms with van der Waals surface area (Å²) in [5, 5.41) is 50.9. The van der Waals surface area contributed by atoms with Crippen LogP contribution in [0.2, 0.25) is 0 Å². The maximum absolute atomic E-state index is 14.1. The molecule has 1 heterocycles. The first-order valence-corrected chi connectivity index (χ1v) is 19.0. The molecular weight excluding hydrogens is 682 g/mol. The van der Waals surface area contributed by atoms with E-state index >= 15 is 0 Å². The van der Waals surface area contributed by atoms with Gasteiger partial charge < -0.3 is 44.7 Å². The molecular formula is C41H61NO11. The van der Waals surface area contributed by atoms with Gasteiger partial charge in [0.25, 0.3) is 0 Å². The summed E-state index contributed by atoms with van der Waals surface area (Å²) in [5.41, 5.74) is -4.34. The largest absolute Gasteiger partial charge is 0.457 e. The van der Waals surface area contributed by atoms with Gasteiger partial charge in [-0.3, -0.25) is 0 Å². The third kappa shape index (κ3) is 7.03. The predicted molar refractivity (Wildman–Crippen MR) is 195 cm³/mol. The van der Waals surface area contributed by atoms with Crippen LogP contribution in [0.1, 0.15) is 106 Å². The van der Waals surface area contributed by atoms with Crippen molar-refractivity contribution in [3.05, 3.63) is 47.0 Å². The first-order valence-electron chi connectivity index (χ1n) is 19.0. The number of ether oxygens (including phenoxy) is 4. The number of rotatable bonds is 9. The minimum Gasteiger partial charge on any atom is -0.457 e. The van der Waals surface area contributed by atoms with Crippen molar-refractivity contribution in [2.75, 3.05) is 6.61 Å². The fraction of sp³-hybridized carbons (Fsp3) is 0.732. The number of hydrogen-bond donors (Lipinski definition) is 5. The number of aliphatic hydroxyl groups is 4. The van der Waals surface area contributed by atoms with Crippen LogP contribution in [0.5, 0.6) is 0 Å². The zero-order valence-corrected chi connectivity index (χ0v) is 33.1. The molecule has 4 aliphatic rings. The summed E-state index contributed by atoms with van der Waals surface area (Å²) in [6.07, 6.45) is -6.77. The molecule has 12 nitrogen and oxygen atoms in total. The maximum atomic E-state index is 14.1. The van der Waals surface area contributed by atoms with Crippen LogP contribution in [0, 0.1) is 34.0 Å². The molecule has 53 heavy (non-hydrogen) atoms. The fourth-order valence-corrected chi connectivity index (χ4v) is 10.2. The van der Waals surface area contributed by atoms with Crippen LogP contribution in [-0.4, -0.2) is 98.9 Å². The highest BCUT2D eigenvalue weighted by molar-refractivity contribution is 5.89. The normalized spacial score (nSPS) is 36.6. The van der Waals surface area contributed by atoms with E-state index in [0.29, 0.717) is 16.7 Å². The molecule has 0 spiro atoms. The highest BCUT2D eigenvalue weighted by Crippen LogP contribution is 2.70. The summed E-state index contributed by atoms with van der Waals surface area (Å²) in [6, 6.07) is 7.49. The topological polar surface area (TPSA) is 181 Å². The number of hydrogen-bond acceptors (Lipinski definition) is 11. The first-order chi connectivity index (χ1) is 24.4. The van der Waals surface area contributed by atoms with Crippen LogP contribution in [0.15, 0.2) is 41.5 Å². The molecule has 3 aliphatic carbocycles. The molecule has 3 fully saturated rings. The van der Waals surface area contributed by atoms with E-state index in [4.69, 9.17) is 18.9 Å². The van der Waals surface area contributed by atoms with Gasteiger partial charge in [0.15, 0.2) is 6.10 Å². The van der Waals surface area contributed by atoms with Gasteiger partial charge in [-0.1, -0.05) is 52.8 Å². The third-order valence-corrected chi connectivity index (χ3v) is 12.8. The summed E-state index contributed by atoms with van der Waals surface area (Å²) < 4.78 is 24.2. The predicted octanol–water partition coefficient (Wildman–Crippen LogP) is 4.70. The Morgan fingerprint density at radius 1 is 1.04 bits per heavy atom. The van der Waals surface area contributed by atoms with Crippen LogP contribution in [0.3, 0.4) is 0 Å². The van der Waals surface area contributed by atoms with Gasteiger partial charge in [-0.25, -0.2) is 14.4 Å². The molecule has 1 aromatic rings. The van der Waals surface area contributed by atoms with E-state index < -0.39 is 93.9 Å². The van der Waals surface area contributed by atoms with Crippen LogP contribution in [0.25, 0.3) is 0 Å². The molecule has 1 aliphatic heterocycles. The molecule has 0 bridgehead atoms. The lowest BCUT2D eigenvalue weighted by atomic mass is 9.46. The third-order valence-electron chi connectivity index (χ3n) is 12.8. The minimum absolute atomic E-state index is 0.0129. The van der Waals surface area contributed by atoms with Crippen molar-refractivity contribution in [3.63, 3.8) is 0 Å². The van der Waals surface area contributed by atoms with E-state index in [1.165, 1.54) is 0 Å². The molecule has 296 valence electrons. The van der Waals surface area contributed by atoms with E-state index in [-0.39, 0.29) is 37.9 Å². The summed E-state index contributed by atoms with van der Waals surface area (Å²) in [4.78, 5) is 40.8. The van der Waals surface area contributed by atoms with Crippen molar-refractivity contribution in [2.24, 2.45) is 34.0 Å². The highest BCUT2D eigenvalue weighted by Gasteiger charge is 2.76. The Kier molecular flexibility index (Phi) is 11.1. The van der Waals surface area contributed by atoms with E-state index in [1.807, 2.05) is 34.6 Å². The van der Waals surface area contributed by atoms with Crippen LogP contribution in [-0.2, 0) is 23.7 Å². The zero-order chi connectivity index (χ0) is 39.6. The summed E-state index contributed by atoms with van der Waals surface area (Å²) in [5.74, 6) is -3.04. The number of benzene rings is 1. The number of carbonyl (C=O) groups excluding carboxylic acids is 3. The van der Waals surface area contributed by atoms with E-state index in [0.717, 1.165) is 0 Å². The zero-order valence-electron chi connectivity index (χ0n) is 33.1. The van der Waals surface area contributed by atoms with Crippen molar-refractivity contribution in [1.29, 1.82) is 0 Å². The lowest BCUT2D eigenvalue weighted by Crippen LogP contribution is -2.73. The lowest BCUT2D eigenvalue weighted by molar-refractivity contribution is -0.317. The molecule has 0 unspecified atom stereocenters. The minimum atomic E-state index is -1.76. The Hall–Kier alpha value is -3.03. The molecule has 5 N–H and O–H groups in total. The van der Waals surface area contributed by atoms with E-state index in [9.17, 15) is 34.8 Å². The van der Waals surface area contributed by atoms with Gasteiger partial charge in [-0.15, -0.1) is 0 Å². The second-order valence-electron chi connectivity index (χ2n) is 18.4. The van der Waals surface area contributed by atoms with Crippen LogP contribution in [0.4, 0.5) is 4.79 Å². The second-order valence-corrected chi connectivity index (χ2v) is 18.4. The van der Waals surface area contributed by atoms with Crippen molar-refractivity contribution in [3.8, 4) is 0 Å². The second kappa shape index (κ2) is 14.2. The number of carbonyl (C=O) groups is 3. The van der Waals surface area contributed by atoms with Crippen molar-refractivity contribution in [1.82, 2.24) is 5.32 Å². The Morgan fingerprint density at radius 3 is 2.19 bits per heavy atom. The van der Waals surface area contributed by atoms with Gasteiger partial charge in [-0.05, 0) is 77.2 Å². The van der Waals surface area contributed by atoms with Gasteiger partial charge in [-0.2, -0.15) is 0 Å². The van der Waals surface area contributed by atoms with Gasteiger partial charge in [0, 0.05) is 35.5 Å². The number of alkyl carbamates (subject to hydrolysis) is 1. The smallest absolute Gasteiger partial charge is 0.407 e. The van der Waals surface area contributed by atoms with E-state index in [1.54, 1.807) is 71.9 Å². The number of esters is 2. The Balaban J connectivity index is 1.61. The van der Waals surface area contributed by atoms with Crippen LogP contribution < -0.4 is 5.32 Å². The van der Waals surface area contributed by atoms with Gasteiger partial charge in [0.2, 0.25) is 0 Å². The van der Waals surface area contributed by atoms with Crippen molar-refractivity contribution in [2.45, 2.75) is 149 Å². The number of fused-ring (bicyclic) bond motifs is 4. The molecule has 1 aromatic carbocycles. The fourth-order valence-electron chi connectivity index (χ4n) is 10.2. The van der Waals surface area contributed by atoms with Crippen molar-refractivity contribution < 1.29 is 53.8 Å². The molecule has 1 amide bonds. The molecule has 2 saturated carbocycles. The van der Waals surface area contributed by atoms with Crippen molar-refractivity contribution >= 4 is 18.0 Å². The standard InChI is InChI=1S/C41H61NO11/c1-21(2)17-25(42-36(48)53-37(5,6)7)30(44)35(47)51-26-19-41(38(8,9)49)29(22(26)3)23(4)32(45)40(11)27(43)18-28-39(10,20-50-28)31(40)33(41)52-34(46)24-15-13-12-14-16-24/h12-16,21,23,25-28,30-33,43-45,49H,17-20H2,1-11H3,(H,42,48)/t23-,25-,26-,27-,28+,30+,31+,32-,33-,39+,40+,41-/m0/s1. The SMILES string of the molecule is CC1=C2[C@H](C)[C@H](O)[C@@]3(C)[C@H]([C@H](OC(=O)c4ccccc4)[C@]2(C(C)(C)O)C[C@@H]1OC(=O)[C@H](O)[C@H](CC(C)C)NC(=O)OC(C)(C)C)[C@]1(C)CO[C@@H]1C[C@@H]3O. The Morgan fingerprint density at radius 2 is 1.66 bits per heavy atom. The quantitative estimate of drug-likeness (QED) is 0.134.